The minimum absolute atomic E-state index is 0.461. The molecular weight excluding hydrogens is 244 g/mol. The van der Waals surface area contributed by atoms with Crippen molar-refractivity contribution >= 4 is 17.5 Å². The Bertz CT molecular complexity index is 527. The van der Waals surface area contributed by atoms with Crippen LogP contribution in [0.4, 0.5) is 11.4 Å². The Hall–Kier alpha value is -2.22. The summed E-state index contributed by atoms with van der Waals surface area (Å²) in [6.07, 6.45) is 4.26. The van der Waals surface area contributed by atoms with Gasteiger partial charge in [-0.2, -0.15) is 0 Å². The fourth-order valence-electron chi connectivity index (χ4n) is 1.95. The van der Waals surface area contributed by atoms with E-state index < -0.39 is 0 Å². The first-order valence-corrected chi connectivity index (χ1v) is 7.06. The third-order valence-corrected chi connectivity index (χ3v) is 2.87. The lowest BCUT2D eigenvalue weighted by Crippen LogP contribution is -2.09. The maximum Gasteiger partial charge on any atom is 0.0344 e. The van der Waals surface area contributed by atoms with E-state index in [1.165, 1.54) is 5.56 Å². The molecule has 2 nitrogen and oxygen atoms in total. The van der Waals surface area contributed by atoms with Crippen molar-refractivity contribution in [3.05, 3.63) is 66.2 Å². The van der Waals surface area contributed by atoms with Crippen LogP contribution in [0.2, 0.25) is 0 Å². The number of hydrogen-bond acceptors (Lipinski definition) is 2. The smallest absolute Gasteiger partial charge is 0.0344 e. The van der Waals surface area contributed by atoms with Crippen molar-refractivity contribution in [2.24, 2.45) is 0 Å². The van der Waals surface area contributed by atoms with Gasteiger partial charge >= 0.3 is 0 Å². The molecule has 2 aromatic rings. The van der Waals surface area contributed by atoms with Gasteiger partial charge in [0.1, 0.15) is 0 Å². The van der Waals surface area contributed by atoms with Gasteiger partial charge in [-0.1, -0.05) is 42.5 Å². The lowest BCUT2D eigenvalue weighted by Gasteiger charge is -2.10. The SMILES string of the molecule is CC(C)Nc1ccc(NC/C=C/c2ccccc2)cc1. The molecule has 2 aromatic carbocycles. The molecule has 0 amide bonds. The fourth-order valence-corrected chi connectivity index (χ4v) is 1.95. The highest BCUT2D eigenvalue weighted by Crippen LogP contribution is 2.14. The Balaban J connectivity index is 1.81. The highest BCUT2D eigenvalue weighted by atomic mass is 14.9. The Morgan fingerprint density at radius 2 is 1.55 bits per heavy atom. The molecule has 0 saturated carbocycles. The molecule has 0 aliphatic heterocycles. The second-order valence-electron chi connectivity index (χ2n) is 5.07. The minimum atomic E-state index is 0.461. The highest BCUT2D eigenvalue weighted by Gasteiger charge is 1.95. The van der Waals surface area contributed by atoms with Crippen molar-refractivity contribution < 1.29 is 0 Å². The molecule has 0 aliphatic carbocycles. The van der Waals surface area contributed by atoms with E-state index in [9.17, 15) is 0 Å². The lowest BCUT2D eigenvalue weighted by atomic mass is 10.2. The van der Waals surface area contributed by atoms with Crippen molar-refractivity contribution in [2.45, 2.75) is 19.9 Å². The number of anilines is 2. The summed E-state index contributed by atoms with van der Waals surface area (Å²) < 4.78 is 0. The van der Waals surface area contributed by atoms with Crippen molar-refractivity contribution in [3.8, 4) is 0 Å². The van der Waals surface area contributed by atoms with Crippen molar-refractivity contribution in [1.82, 2.24) is 0 Å². The van der Waals surface area contributed by atoms with Gasteiger partial charge in [-0.15, -0.1) is 0 Å². The normalized spacial score (nSPS) is 10.9. The van der Waals surface area contributed by atoms with Crippen LogP contribution in [0.15, 0.2) is 60.7 Å². The van der Waals surface area contributed by atoms with E-state index in [0.29, 0.717) is 6.04 Å². The summed E-state index contributed by atoms with van der Waals surface area (Å²) in [6, 6.07) is 19.2. The predicted octanol–water partition coefficient (Wildman–Crippen LogP) is 4.63. The van der Waals surface area contributed by atoms with Gasteiger partial charge in [-0.3, -0.25) is 0 Å². The Labute approximate surface area is 121 Å². The second kappa shape index (κ2) is 7.39. The predicted molar refractivity (Wildman–Crippen MR) is 89.2 cm³/mol. The molecule has 0 saturated heterocycles. The monoisotopic (exact) mass is 266 g/mol. The summed E-state index contributed by atoms with van der Waals surface area (Å²) in [5, 5.41) is 6.76. The molecule has 20 heavy (non-hydrogen) atoms. The van der Waals surface area contributed by atoms with Gasteiger partial charge in [0.05, 0.1) is 0 Å². The highest BCUT2D eigenvalue weighted by molar-refractivity contribution is 5.55. The van der Waals surface area contributed by atoms with Gasteiger partial charge in [0, 0.05) is 24.0 Å². The van der Waals surface area contributed by atoms with E-state index in [0.717, 1.165) is 17.9 Å². The molecule has 0 fully saturated rings. The molecule has 0 radical (unpaired) electrons. The van der Waals surface area contributed by atoms with Crippen molar-refractivity contribution in [2.75, 3.05) is 17.2 Å². The first-order chi connectivity index (χ1) is 9.74. The summed E-state index contributed by atoms with van der Waals surface area (Å²) in [7, 11) is 0. The van der Waals surface area contributed by atoms with Crippen LogP contribution in [-0.4, -0.2) is 12.6 Å². The van der Waals surface area contributed by atoms with Gasteiger partial charge in [-0.25, -0.2) is 0 Å². The van der Waals surface area contributed by atoms with Gasteiger partial charge in [-0.05, 0) is 43.7 Å². The second-order valence-corrected chi connectivity index (χ2v) is 5.07. The van der Waals surface area contributed by atoms with Crippen molar-refractivity contribution in [1.29, 1.82) is 0 Å². The summed E-state index contributed by atoms with van der Waals surface area (Å²) >= 11 is 0. The molecule has 0 unspecified atom stereocenters. The molecule has 2 heteroatoms. The van der Waals surface area contributed by atoms with Crippen LogP contribution >= 0.6 is 0 Å². The Morgan fingerprint density at radius 1 is 0.900 bits per heavy atom. The van der Waals surface area contributed by atoms with E-state index in [1.807, 2.05) is 18.2 Å². The number of rotatable bonds is 6. The van der Waals surface area contributed by atoms with E-state index >= 15 is 0 Å². The van der Waals surface area contributed by atoms with E-state index in [1.54, 1.807) is 0 Å². The van der Waals surface area contributed by atoms with E-state index in [4.69, 9.17) is 0 Å². The molecule has 0 bridgehead atoms. The fraction of sp³-hybridized carbons (Fsp3) is 0.222. The molecule has 2 rings (SSSR count). The average Bonchev–Trinajstić information content (AvgIpc) is 2.46. The zero-order chi connectivity index (χ0) is 14.2. The lowest BCUT2D eigenvalue weighted by molar-refractivity contribution is 0.900. The summed E-state index contributed by atoms with van der Waals surface area (Å²) in [5.74, 6) is 0. The van der Waals surface area contributed by atoms with Crippen LogP contribution in [0.25, 0.3) is 6.08 Å². The number of nitrogens with one attached hydrogen (secondary N) is 2. The van der Waals surface area contributed by atoms with Crippen LogP contribution in [0.1, 0.15) is 19.4 Å². The van der Waals surface area contributed by atoms with Crippen LogP contribution in [-0.2, 0) is 0 Å². The molecule has 0 heterocycles. The molecule has 0 aliphatic rings. The minimum Gasteiger partial charge on any atom is -0.383 e. The summed E-state index contributed by atoms with van der Waals surface area (Å²) in [4.78, 5) is 0. The third-order valence-electron chi connectivity index (χ3n) is 2.87. The third kappa shape index (κ3) is 4.81. The topological polar surface area (TPSA) is 24.1 Å². The summed E-state index contributed by atoms with van der Waals surface area (Å²) in [5.41, 5.74) is 3.52. The van der Waals surface area contributed by atoms with Gasteiger partial charge in [0.2, 0.25) is 0 Å². The zero-order valence-corrected chi connectivity index (χ0v) is 12.1. The van der Waals surface area contributed by atoms with Crippen LogP contribution in [0.5, 0.6) is 0 Å². The maximum atomic E-state index is 3.38. The van der Waals surface area contributed by atoms with Gasteiger partial charge in [0.25, 0.3) is 0 Å². The molecule has 2 N–H and O–H groups in total. The largest absolute Gasteiger partial charge is 0.383 e. The Kier molecular flexibility index (Phi) is 5.24. The standard InChI is InChI=1S/C18H22N2/c1-15(2)20-18-12-10-17(11-13-18)19-14-6-9-16-7-4-3-5-8-16/h3-13,15,19-20H,14H2,1-2H3/b9-6+. The average molecular weight is 266 g/mol. The summed E-state index contributed by atoms with van der Waals surface area (Å²) in [6.45, 7) is 5.10. The first-order valence-electron chi connectivity index (χ1n) is 7.06. The maximum absolute atomic E-state index is 3.38. The van der Waals surface area contributed by atoms with Crippen LogP contribution in [0.3, 0.4) is 0 Å². The molecule has 0 spiro atoms. The number of hydrogen-bond donors (Lipinski definition) is 2. The van der Waals surface area contributed by atoms with Gasteiger partial charge < -0.3 is 10.6 Å². The van der Waals surface area contributed by atoms with Crippen LogP contribution in [0, 0.1) is 0 Å². The Morgan fingerprint density at radius 3 is 2.20 bits per heavy atom. The zero-order valence-electron chi connectivity index (χ0n) is 12.1. The van der Waals surface area contributed by atoms with E-state index in [2.05, 4.69) is 73.0 Å². The number of benzene rings is 2. The van der Waals surface area contributed by atoms with Crippen molar-refractivity contribution in [3.63, 3.8) is 0 Å². The molecular formula is C18H22N2. The molecule has 104 valence electrons. The van der Waals surface area contributed by atoms with Gasteiger partial charge in [0.15, 0.2) is 0 Å². The van der Waals surface area contributed by atoms with E-state index in [-0.39, 0.29) is 0 Å². The quantitative estimate of drug-likeness (QED) is 0.796. The van der Waals surface area contributed by atoms with Crippen LogP contribution < -0.4 is 10.6 Å². The first kappa shape index (κ1) is 14.2. The molecule has 0 atom stereocenters. The molecule has 0 aromatic heterocycles.